The highest BCUT2D eigenvalue weighted by Gasteiger charge is 2.41. The van der Waals surface area contributed by atoms with Crippen molar-refractivity contribution in [2.75, 3.05) is 6.61 Å². The Labute approximate surface area is 248 Å². The number of aromatic nitrogens is 6. The summed E-state index contributed by atoms with van der Waals surface area (Å²) in [6.07, 6.45) is 3.18. The van der Waals surface area contributed by atoms with Crippen molar-refractivity contribution in [3.8, 4) is 5.75 Å². The van der Waals surface area contributed by atoms with Crippen LogP contribution < -0.4 is 4.74 Å². The van der Waals surface area contributed by atoms with Gasteiger partial charge < -0.3 is 9.84 Å². The van der Waals surface area contributed by atoms with E-state index in [9.17, 15) is 31.4 Å². The molecule has 2 heterocycles. The third-order valence-corrected chi connectivity index (χ3v) is 5.36. The highest BCUT2D eigenvalue weighted by atomic mass is 35.5. The van der Waals surface area contributed by atoms with Gasteiger partial charge in [0.25, 0.3) is 0 Å². The van der Waals surface area contributed by atoms with Gasteiger partial charge in [0.05, 0.1) is 13.1 Å². The Kier molecular flexibility index (Phi) is 13.1. The van der Waals surface area contributed by atoms with Gasteiger partial charge in [-0.05, 0) is 29.8 Å². The van der Waals surface area contributed by atoms with Crippen LogP contribution in [0.5, 0.6) is 5.75 Å². The van der Waals surface area contributed by atoms with Crippen molar-refractivity contribution in [2.24, 2.45) is 0 Å². The van der Waals surface area contributed by atoms with E-state index in [0.29, 0.717) is 11.6 Å². The van der Waals surface area contributed by atoms with Crippen LogP contribution in [0.4, 0.5) is 26.3 Å². The van der Waals surface area contributed by atoms with E-state index in [4.69, 9.17) is 4.74 Å². The number of hydrogen-bond donors (Lipinski definition) is 1. The predicted octanol–water partition coefficient (Wildman–Crippen LogP) is 5.45. The SMILES string of the molecule is Cl.Cl.Cl.O[C@](Cn1cncn1)(Cn1cnc(/C=C\c2ccc(OCC(F)(F)C(F)F)cc2)n1)c1ccc(F)cc1F. The molecule has 0 radical (unpaired) electrons. The molecule has 1 N–H and O–H groups in total. The summed E-state index contributed by atoms with van der Waals surface area (Å²) in [7, 11) is 0. The maximum Gasteiger partial charge on any atom is 0.340 e. The van der Waals surface area contributed by atoms with Crippen molar-refractivity contribution >= 4 is 49.4 Å². The lowest BCUT2D eigenvalue weighted by atomic mass is 9.93. The van der Waals surface area contributed by atoms with Gasteiger partial charge in [-0.15, -0.1) is 37.2 Å². The van der Waals surface area contributed by atoms with Crippen molar-refractivity contribution in [1.82, 2.24) is 29.5 Å². The van der Waals surface area contributed by atoms with Crippen LogP contribution in [0.15, 0.2) is 61.4 Å². The second-order valence-corrected chi connectivity index (χ2v) is 8.30. The number of ether oxygens (including phenoxy) is 1. The molecule has 0 saturated carbocycles. The average Bonchev–Trinajstić information content (AvgIpc) is 3.53. The fraction of sp³-hybridized carbons (Fsp3) is 0.250. The van der Waals surface area contributed by atoms with E-state index in [-0.39, 0.29) is 67.4 Å². The smallest absolute Gasteiger partial charge is 0.340 e. The zero-order chi connectivity index (χ0) is 27.3. The normalized spacial score (nSPS) is 12.8. The lowest BCUT2D eigenvalue weighted by Crippen LogP contribution is -2.37. The molecule has 41 heavy (non-hydrogen) atoms. The molecular formula is C24H23Cl3F6N6O2. The third kappa shape index (κ3) is 9.35. The Morgan fingerprint density at radius 2 is 1.61 bits per heavy atom. The minimum atomic E-state index is -4.26. The summed E-state index contributed by atoms with van der Waals surface area (Å²) in [6.45, 7) is -1.92. The molecule has 0 aliphatic carbocycles. The Morgan fingerprint density at radius 3 is 2.22 bits per heavy atom. The molecule has 1 atom stereocenters. The number of rotatable bonds is 11. The molecule has 0 saturated heterocycles. The molecule has 0 fully saturated rings. The van der Waals surface area contributed by atoms with Gasteiger partial charge in [0.2, 0.25) is 0 Å². The van der Waals surface area contributed by atoms with Crippen molar-refractivity contribution in [3.05, 3.63) is 90.0 Å². The molecule has 4 rings (SSSR count). The predicted molar refractivity (Wildman–Crippen MR) is 144 cm³/mol. The van der Waals surface area contributed by atoms with Gasteiger partial charge in [0.15, 0.2) is 12.4 Å². The number of hydrogen-bond acceptors (Lipinski definition) is 6. The Morgan fingerprint density at radius 1 is 0.927 bits per heavy atom. The molecule has 4 aromatic rings. The highest BCUT2D eigenvalue weighted by Crippen LogP contribution is 2.28. The lowest BCUT2D eigenvalue weighted by molar-refractivity contribution is -0.148. The Balaban J connectivity index is 0.00000280. The average molecular weight is 648 g/mol. The van der Waals surface area contributed by atoms with Gasteiger partial charge in [-0.2, -0.15) is 19.0 Å². The Bertz CT molecular complexity index is 1390. The van der Waals surface area contributed by atoms with Gasteiger partial charge in [-0.3, -0.25) is 0 Å². The second-order valence-electron chi connectivity index (χ2n) is 8.30. The van der Waals surface area contributed by atoms with Crippen molar-refractivity contribution in [1.29, 1.82) is 0 Å². The number of benzene rings is 2. The van der Waals surface area contributed by atoms with Crippen LogP contribution in [-0.4, -0.2) is 53.6 Å². The molecule has 0 unspecified atom stereocenters. The third-order valence-electron chi connectivity index (χ3n) is 5.36. The largest absolute Gasteiger partial charge is 0.487 e. The summed E-state index contributed by atoms with van der Waals surface area (Å²) in [6, 6.07) is 8.54. The standard InChI is InChI=1S/C24H20F6N6O2.3ClH/c25-17-4-7-19(20(26)9-17)23(37,10-35-14-31-13-33-35)11-36-15-32-21(34-36)8-3-16-1-5-18(6-2-16)38-12-24(29,30)22(27)28;;;/h1-9,13-15,22,37H,10-12H2;3*1H/b8-3-;;;/t23-;;;/m1.../s1. The topological polar surface area (TPSA) is 90.9 Å². The fourth-order valence-corrected chi connectivity index (χ4v) is 3.49. The van der Waals surface area contributed by atoms with Gasteiger partial charge >= 0.3 is 12.3 Å². The zero-order valence-electron chi connectivity index (χ0n) is 20.7. The molecule has 0 spiro atoms. The van der Waals surface area contributed by atoms with Gasteiger partial charge in [-0.1, -0.05) is 24.3 Å². The monoisotopic (exact) mass is 646 g/mol. The summed E-state index contributed by atoms with van der Waals surface area (Å²) in [5.41, 5.74) is -1.46. The fourth-order valence-electron chi connectivity index (χ4n) is 3.49. The molecule has 0 aliphatic heterocycles. The number of halogens is 9. The first-order valence-electron chi connectivity index (χ1n) is 11.0. The summed E-state index contributed by atoms with van der Waals surface area (Å²) >= 11 is 0. The summed E-state index contributed by atoms with van der Waals surface area (Å²) in [5.74, 6) is -5.78. The molecule has 2 aromatic heterocycles. The molecule has 2 aromatic carbocycles. The van der Waals surface area contributed by atoms with Crippen molar-refractivity contribution in [2.45, 2.75) is 31.0 Å². The lowest BCUT2D eigenvalue weighted by Gasteiger charge is -2.28. The second kappa shape index (κ2) is 15.1. The number of alkyl halides is 4. The zero-order valence-corrected chi connectivity index (χ0v) is 23.1. The van der Waals surface area contributed by atoms with E-state index in [1.807, 2.05) is 0 Å². The minimum absolute atomic E-state index is 0. The highest BCUT2D eigenvalue weighted by molar-refractivity contribution is 5.86. The van der Waals surface area contributed by atoms with Gasteiger partial charge in [-0.25, -0.2) is 36.9 Å². The van der Waals surface area contributed by atoms with Crippen molar-refractivity contribution in [3.63, 3.8) is 0 Å². The number of aliphatic hydroxyl groups is 1. The Hall–Kier alpha value is -3.33. The van der Waals surface area contributed by atoms with Crippen LogP contribution in [0.25, 0.3) is 12.2 Å². The van der Waals surface area contributed by atoms with E-state index in [1.54, 1.807) is 6.08 Å². The first-order valence-corrected chi connectivity index (χ1v) is 11.0. The molecule has 0 aliphatic rings. The van der Waals surface area contributed by atoms with Crippen LogP contribution in [0, 0.1) is 11.6 Å². The molecule has 17 heteroatoms. The molecule has 8 nitrogen and oxygen atoms in total. The maximum absolute atomic E-state index is 14.6. The van der Waals surface area contributed by atoms with E-state index in [1.165, 1.54) is 58.7 Å². The molecule has 0 amide bonds. The first kappa shape index (κ1) is 35.7. The maximum atomic E-state index is 14.6. The molecular weight excluding hydrogens is 625 g/mol. The van der Waals surface area contributed by atoms with E-state index < -0.39 is 36.2 Å². The molecule has 224 valence electrons. The van der Waals surface area contributed by atoms with Crippen LogP contribution >= 0.6 is 37.2 Å². The number of nitrogens with zero attached hydrogens (tertiary/aromatic N) is 6. The van der Waals surface area contributed by atoms with Gasteiger partial charge in [0.1, 0.15) is 42.0 Å². The van der Waals surface area contributed by atoms with Crippen molar-refractivity contribution < 1.29 is 36.2 Å². The van der Waals surface area contributed by atoms with Crippen LogP contribution in [0.2, 0.25) is 0 Å². The summed E-state index contributed by atoms with van der Waals surface area (Å²) in [5, 5.41) is 19.6. The first-order chi connectivity index (χ1) is 18.0. The van der Waals surface area contributed by atoms with Crippen LogP contribution in [-0.2, 0) is 18.7 Å². The van der Waals surface area contributed by atoms with Crippen LogP contribution in [0.1, 0.15) is 17.0 Å². The van der Waals surface area contributed by atoms with E-state index >= 15 is 0 Å². The van der Waals surface area contributed by atoms with Gasteiger partial charge in [0, 0.05) is 11.6 Å². The minimum Gasteiger partial charge on any atom is -0.487 e. The van der Waals surface area contributed by atoms with Crippen LogP contribution in [0.3, 0.4) is 0 Å². The summed E-state index contributed by atoms with van der Waals surface area (Å²) in [4.78, 5) is 7.93. The summed E-state index contributed by atoms with van der Waals surface area (Å²) < 4.78 is 85.8. The van der Waals surface area contributed by atoms with E-state index in [2.05, 4.69) is 20.2 Å². The quantitative estimate of drug-likeness (QED) is 0.218. The molecule has 0 bridgehead atoms. The van der Waals surface area contributed by atoms with E-state index in [0.717, 1.165) is 12.1 Å².